The topological polar surface area (TPSA) is 30.0 Å². The van der Waals surface area contributed by atoms with Gasteiger partial charge in [-0.3, -0.25) is 9.78 Å². The molecule has 2 rings (SSSR count). The molecule has 0 N–H and O–H groups in total. The molecule has 0 aliphatic rings. The molecule has 2 heteroatoms. The summed E-state index contributed by atoms with van der Waals surface area (Å²) >= 11 is 0. The SMILES string of the molecule is Cc1ccc2ncccc2c1C=O. The molecule has 13 heavy (non-hydrogen) atoms. The molecular formula is C11H9NO. The Morgan fingerprint density at radius 2 is 2.15 bits per heavy atom. The largest absolute Gasteiger partial charge is 0.298 e. The Bertz CT molecular complexity index is 463. The average Bonchev–Trinajstić information content (AvgIpc) is 2.18. The van der Waals surface area contributed by atoms with E-state index in [2.05, 4.69) is 4.98 Å². The van der Waals surface area contributed by atoms with Gasteiger partial charge < -0.3 is 0 Å². The third-order valence-corrected chi connectivity index (χ3v) is 2.16. The van der Waals surface area contributed by atoms with Crippen LogP contribution >= 0.6 is 0 Å². The van der Waals surface area contributed by atoms with Gasteiger partial charge in [0.15, 0.2) is 6.29 Å². The predicted octanol–water partition coefficient (Wildman–Crippen LogP) is 2.36. The van der Waals surface area contributed by atoms with Crippen molar-refractivity contribution >= 4 is 17.2 Å². The van der Waals surface area contributed by atoms with Gasteiger partial charge in [0.1, 0.15) is 0 Å². The van der Waals surface area contributed by atoms with Gasteiger partial charge in [-0.25, -0.2) is 0 Å². The Hall–Kier alpha value is -1.70. The van der Waals surface area contributed by atoms with E-state index in [0.29, 0.717) is 0 Å². The van der Waals surface area contributed by atoms with Crippen molar-refractivity contribution in [2.24, 2.45) is 0 Å². The molecule has 0 fully saturated rings. The zero-order chi connectivity index (χ0) is 9.26. The summed E-state index contributed by atoms with van der Waals surface area (Å²) in [4.78, 5) is 15.0. The van der Waals surface area contributed by atoms with Crippen molar-refractivity contribution in [3.63, 3.8) is 0 Å². The van der Waals surface area contributed by atoms with Crippen molar-refractivity contribution in [2.45, 2.75) is 6.92 Å². The number of fused-ring (bicyclic) bond motifs is 1. The number of pyridine rings is 1. The quantitative estimate of drug-likeness (QED) is 0.616. The molecule has 0 saturated heterocycles. The molecule has 1 aromatic heterocycles. The number of carbonyl (C=O) groups is 1. The summed E-state index contributed by atoms with van der Waals surface area (Å²) in [6, 6.07) is 7.60. The van der Waals surface area contributed by atoms with Gasteiger partial charge in [0.05, 0.1) is 5.52 Å². The van der Waals surface area contributed by atoms with E-state index in [1.165, 1.54) is 0 Å². The Morgan fingerprint density at radius 1 is 1.31 bits per heavy atom. The van der Waals surface area contributed by atoms with Crippen LogP contribution in [0.1, 0.15) is 15.9 Å². The fraction of sp³-hybridized carbons (Fsp3) is 0.0909. The van der Waals surface area contributed by atoms with E-state index < -0.39 is 0 Å². The molecule has 0 amide bonds. The summed E-state index contributed by atoms with van der Waals surface area (Å²) in [5, 5.41) is 0.928. The molecule has 2 aromatic rings. The molecule has 64 valence electrons. The first-order valence-electron chi connectivity index (χ1n) is 4.12. The normalized spacial score (nSPS) is 10.2. The van der Waals surface area contributed by atoms with Crippen molar-refractivity contribution in [1.82, 2.24) is 4.98 Å². The Balaban J connectivity index is 2.91. The smallest absolute Gasteiger partial charge is 0.150 e. The van der Waals surface area contributed by atoms with E-state index in [4.69, 9.17) is 0 Å². The summed E-state index contributed by atoms with van der Waals surface area (Å²) < 4.78 is 0. The molecule has 0 spiro atoms. The molecule has 1 heterocycles. The third-order valence-electron chi connectivity index (χ3n) is 2.16. The minimum absolute atomic E-state index is 0.741. The van der Waals surface area contributed by atoms with Crippen LogP contribution < -0.4 is 0 Å². The van der Waals surface area contributed by atoms with Gasteiger partial charge in [0, 0.05) is 17.1 Å². The van der Waals surface area contributed by atoms with E-state index in [0.717, 1.165) is 28.3 Å². The van der Waals surface area contributed by atoms with Crippen molar-refractivity contribution in [3.8, 4) is 0 Å². The maximum Gasteiger partial charge on any atom is 0.150 e. The summed E-state index contributed by atoms with van der Waals surface area (Å²) in [6.45, 7) is 1.93. The number of carbonyl (C=O) groups excluding carboxylic acids is 1. The predicted molar refractivity (Wildman–Crippen MR) is 51.9 cm³/mol. The summed E-state index contributed by atoms with van der Waals surface area (Å²) in [6.07, 6.45) is 2.62. The van der Waals surface area contributed by atoms with E-state index in [1.807, 2.05) is 31.2 Å². The first-order chi connectivity index (χ1) is 6.33. The highest BCUT2D eigenvalue weighted by molar-refractivity contribution is 5.97. The highest BCUT2D eigenvalue weighted by Crippen LogP contribution is 2.18. The highest BCUT2D eigenvalue weighted by Gasteiger charge is 2.02. The molecule has 0 bridgehead atoms. The Labute approximate surface area is 76.2 Å². The van der Waals surface area contributed by atoms with Crippen LogP contribution in [-0.4, -0.2) is 11.3 Å². The molecule has 2 nitrogen and oxygen atoms in total. The van der Waals surface area contributed by atoms with Crippen LogP contribution in [0.3, 0.4) is 0 Å². The fourth-order valence-electron chi connectivity index (χ4n) is 1.44. The monoisotopic (exact) mass is 171 g/mol. The van der Waals surface area contributed by atoms with Gasteiger partial charge in [-0.15, -0.1) is 0 Å². The standard InChI is InChI=1S/C11H9NO/c1-8-4-5-11-9(10(8)7-13)3-2-6-12-11/h2-7H,1H3. The van der Waals surface area contributed by atoms with E-state index in [1.54, 1.807) is 6.20 Å². The lowest BCUT2D eigenvalue weighted by Crippen LogP contribution is -1.89. The summed E-state index contributed by atoms with van der Waals surface area (Å²) in [5.74, 6) is 0. The van der Waals surface area contributed by atoms with Crippen LogP contribution in [0, 0.1) is 6.92 Å². The van der Waals surface area contributed by atoms with Crippen LogP contribution in [0.15, 0.2) is 30.5 Å². The number of rotatable bonds is 1. The first kappa shape index (κ1) is 7.92. The molecule has 0 aliphatic carbocycles. The summed E-state index contributed by atoms with van der Waals surface area (Å²) in [7, 11) is 0. The van der Waals surface area contributed by atoms with Crippen LogP contribution in [0.4, 0.5) is 0 Å². The van der Waals surface area contributed by atoms with E-state index in [-0.39, 0.29) is 0 Å². The highest BCUT2D eigenvalue weighted by atomic mass is 16.1. The number of aryl methyl sites for hydroxylation is 1. The minimum atomic E-state index is 0.741. The second kappa shape index (κ2) is 2.98. The van der Waals surface area contributed by atoms with Crippen molar-refractivity contribution < 1.29 is 4.79 Å². The van der Waals surface area contributed by atoms with Gasteiger partial charge in [0.25, 0.3) is 0 Å². The zero-order valence-corrected chi connectivity index (χ0v) is 7.32. The van der Waals surface area contributed by atoms with Gasteiger partial charge in [-0.2, -0.15) is 0 Å². The van der Waals surface area contributed by atoms with E-state index in [9.17, 15) is 4.79 Å². The number of hydrogen-bond donors (Lipinski definition) is 0. The number of aldehydes is 1. The molecule has 0 saturated carbocycles. The zero-order valence-electron chi connectivity index (χ0n) is 7.32. The number of nitrogens with zero attached hydrogens (tertiary/aromatic N) is 1. The lowest BCUT2D eigenvalue weighted by Gasteiger charge is -2.02. The van der Waals surface area contributed by atoms with Crippen LogP contribution in [0.5, 0.6) is 0 Å². The minimum Gasteiger partial charge on any atom is -0.298 e. The van der Waals surface area contributed by atoms with Gasteiger partial charge in [-0.1, -0.05) is 12.1 Å². The third kappa shape index (κ3) is 1.20. The van der Waals surface area contributed by atoms with Gasteiger partial charge in [0.2, 0.25) is 0 Å². The molecule has 1 aromatic carbocycles. The maximum absolute atomic E-state index is 10.8. The first-order valence-corrected chi connectivity index (χ1v) is 4.12. The van der Waals surface area contributed by atoms with Crippen molar-refractivity contribution in [1.29, 1.82) is 0 Å². The van der Waals surface area contributed by atoms with Crippen LogP contribution in [-0.2, 0) is 0 Å². The summed E-state index contributed by atoms with van der Waals surface area (Å²) in [5.41, 5.74) is 2.61. The number of benzene rings is 1. The molecular weight excluding hydrogens is 162 g/mol. The maximum atomic E-state index is 10.8. The van der Waals surface area contributed by atoms with E-state index >= 15 is 0 Å². The molecule has 0 unspecified atom stereocenters. The molecule has 0 atom stereocenters. The lowest BCUT2D eigenvalue weighted by molar-refractivity contribution is 0.112. The Kier molecular flexibility index (Phi) is 1.81. The number of aromatic nitrogens is 1. The van der Waals surface area contributed by atoms with Crippen LogP contribution in [0.25, 0.3) is 10.9 Å². The second-order valence-electron chi connectivity index (χ2n) is 2.98. The second-order valence-corrected chi connectivity index (χ2v) is 2.98. The lowest BCUT2D eigenvalue weighted by atomic mass is 10.0. The van der Waals surface area contributed by atoms with Gasteiger partial charge in [-0.05, 0) is 24.6 Å². The van der Waals surface area contributed by atoms with Gasteiger partial charge >= 0.3 is 0 Å². The van der Waals surface area contributed by atoms with Crippen LogP contribution in [0.2, 0.25) is 0 Å². The fourth-order valence-corrected chi connectivity index (χ4v) is 1.44. The average molecular weight is 171 g/mol. The molecule has 0 aliphatic heterocycles. The Morgan fingerprint density at radius 3 is 2.92 bits per heavy atom. The van der Waals surface area contributed by atoms with Crippen molar-refractivity contribution in [3.05, 3.63) is 41.6 Å². The van der Waals surface area contributed by atoms with Crippen molar-refractivity contribution in [2.75, 3.05) is 0 Å². The molecule has 0 radical (unpaired) electrons. The number of hydrogen-bond acceptors (Lipinski definition) is 2.